The third-order valence-corrected chi connectivity index (χ3v) is 3.38. The van der Waals surface area contributed by atoms with Crippen LogP contribution in [0.1, 0.15) is 10.4 Å². The Balaban J connectivity index is 2.10. The van der Waals surface area contributed by atoms with Crippen LogP contribution in [0.5, 0.6) is 0 Å². The molecule has 2 aromatic heterocycles. The predicted molar refractivity (Wildman–Crippen MR) is 68.6 cm³/mol. The zero-order valence-electron chi connectivity index (χ0n) is 8.11. The second kappa shape index (κ2) is 4.63. The van der Waals surface area contributed by atoms with Gasteiger partial charge in [0.2, 0.25) is 0 Å². The largest absolute Gasteiger partial charge is 0.384 e. The molecule has 0 aliphatic heterocycles. The Hall–Kier alpha value is -1.40. The molecule has 0 aromatic carbocycles. The molecule has 0 aliphatic carbocycles. The molecular formula is C10H8BrN3OS. The smallest absolute Gasteiger partial charge is 0.256 e. The van der Waals surface area contributed by atoms with Crippen LogP contribution >= 0.6 is 27.3 Å². The summed E-state index contributed by atoms with van der Waals surface area (Å²) in [5.74, 6) is 0.268. The van der Waals surface area contributed by atoms with Gasteiger partial charge in [0.1, 0.15) is 5.82 Å². The van der Waals surface area contributed by atoms with Crippen molar-refractivity contribution in [1.29, 1.82) is 0 Å². The maximum Gasteiger partial charge on any atom is 0.256 e. The molecule has 82 valence electrons. The van der Waals surface area contributed by atoms with E-state index in [1.165, 1.54) is 17.5 Å². The quantitative estimate of drug-likeness (QED) is 0.895. The number of nitrogens with zero attached hydrogens (tertiary/aromatic N) is 1. The Bertz CT molecular complexity index is 509. The molecule has 1 amide bonds. The lowest BCUT2D eigenvalue weighted by atomic mass is 10.3. The lowest BCUT2D eigenvalue weighted by Crippen LogP contribution is -2.11. The van der Waals surface area contributed by atoms with Crippen LogP contribution in [0.2, 0.25) is 0 Å². The maximum atomic E-state index is 11.7. The topological polar surface area (TPSA) is 68.0 Å². The van der Waals surface area contributed by atoms with Crippen LogP contribution in [-0.2, 0) is 0 Å². The zero-order chi connectivity index (χ0) is 11.5. The van der Waals surface area contributed by atoms with Crippen molar-refractivity contribution in [3.05, 3.63) is 39.1 Å². The van der Waals surface area contributed by atoms with Crippen molar-refractivity contribution in [2.75, 3.05) is 11.1 Å². The number of thiophene rings is 1. The van der Waals surface area contributed by atoms with E-state index in [1.54, 1.807) is 23.6 Å². The molecule has 3 N–H and O–H groups in total. The highest BCUT2D eigenvalue weighted by molar-refractivity contribution is 9.11. The third kappa shape index (κ3) is 2.59. The first-order valence-corrected chi connectivity index (χ1v) is 6.09. The van der Waals surface area contributed by atoms with E-state index in [1.807, 2.05) is 0 Å². The first-order valence-electron chi connectivity index (χ1n) is 4.42. The van der Waals surface area contributed by atoms with Gasteiger partial charge in [-0.15, -0.1) is 11.3 Å². The Morgan fingerprint density at radius 3 is 2.88 bits per heavy atom. The standard InChI is InChI=1S/C10H8BrN3OS/c11-8-3-6(5-16-8)10(15)14-7-1-2-9(12)13-4-7/h1-5H,(H2,12,13)(H,14,15). The summed E-state index contributed by atoms with van der Waals surface area (Å²) in [5.41, 5.74) is 6.69. The summed E-state index contributed by atoms with van der Waals surface area (Å²) in [6.07, 6.45) is 1.52. The summed E-state index contributed by atoms with van der Waals surface area (Å²) in [7, 11) is 0. The van der Waals surface area contributed by atoms with Gasteiger partial charge in [0.05, 0.1) is 21.2 Å². The van der Waals surface area contributed by atoms with E-state index in [0.29, 0.717) is 17.1 Å². The number of rotatable bonds is 2. The minimum Gasteiger partial charge on any atom is -0.384 e. The minimum atomic E-state index is -0.159. The van der Waals surface area contributed by atoms with Crippen LogP contribution in [0.4, 0.5) is 11.5 Å². The van der Waals surface area contributed by atoms with Crippen molar-refractivity contribution in [1.82, 2.24) is 4.98 Å². The summed E-state index contributed by atoms with van der Waals surface area (Å²) in [4.78, 5) is 15.6. The number of halogens is 1. The summed E-state index contributed by atoms with van der Waals surface area (Å²) >= 11 is 4.77. The average molecular weight is 298 g/mol. The number of anilines is 2. The van der Waals surface area contributed by atoms with Gasteiger partial charge < -0.3 is 11.1 Å². The van der Waals surface area contributed by atoms with Gasteiger partial charge in [0.25, 0.3) is 5.91 Å². The van der Waals surface area contributed by atoms with Gasteiger partial charge >= 0.3 is 0 Å². The Labute approximate surface area is 105 Å². The monoisotopic (exact) mass is 297 g/mol. The van der Waals surface area contributed by atoms with Crippen LogP contribution in [0.25, 0.3) is 0 Å². The van der Waals surface area contributed by atoms with E-state index in [9.17, 15) is 4.79 Å². The highest BCUT2D eigenvalue weighted by Crippen LogP contribution is 2.21. The Morgan fingerprint density at radius 2 is 2.31 bits per heavy atom. The van der Waals surface area contributed by atoms with Gasteiger partial charge in [-0.2, -0.15) is 0 Å². The first-order chi connectivity index (χ1) is 7.65. The number of hydrogen-bond donors (Lipinski definition) is 2. The Morgan fingerprint density at radius 1 is 1.50 bits per heavy atom. The third-order valence-electron chi connectivity index (χ3n) is 1.87. The second-order valence-corrected chi connectivity index (χ2v) is 5.36. The van der Waals surface area contributed by atoms with Gasteiger partial charge in [-0.3, -0.25) is 4.79 Å². The van der Waals surface area contributed by atoms with E-state index in [4.69, 9.17) is 5.73 Å². The lowest BCUT2D eigenvalue weighted by molar-refractivity contribution is 0.102. The number of pyridine rings is 1. The molecule has 0 radical (unpaired) electrons. The van der Waals surface area contributed by atoms with E-state index in [0.717, 1.165) is 3.79 Å². The van der Waals surface area contributed by atoms with Gasteiger partial charge in [-0.1, -0.05) is 0 Å². The number of amides is 1. The molecule has 6 heteroatoms. The number of nitrogens with two attached hydrogens (primary N) is 1. The summed E-state index contributed by atoms with van der Waals surface area (Å²) in [5, 5.41) is 4.51. The number of hydrogen-bond acceptors (Lipinski definition) is 4. The van der Waals surface area contributed by atoms with E-state index < -0.39 is 0 Å². The normalized spacial score (nSPS) is 10.1. The minimum absolute atomic E-state index is 0.159. The summed E-state index contributed by atoms with van der Waals surface area (Å²) in [6, 6.07) is 5.12. The molecule has 2 heterocycles. The summed E-state index contributed by atoms with van der Waals surface area (Å²) in [6.45, 7) is 0. The Kier molecular flexibility index (Phi) is 3.21. The van der Waals surface area contributed by atoms with E-state index in [2.05, 4.69) is 26.2 Å². The molecule has 16 heavy (non-hydrogen) atoms. The highest BCUT2D eigenvalue weighted by Gasteiger charge is 2.08. The fraction of sp³-hybridized carbons (Fsp3) is 0. The fourth-order valence-corrected chi connectivity index (χ4v) is 2.25. The van der Waals surface area contributed by atoms with E-state index in [-0.39, 0.29) is 5.91 Å². The number of aromatic nitrogens is 1. The summed E-state index contributed by atoms with van der Waals surface area (Å²) < 4.78 is 0.924. The van der Waals surface area contributed by atoms with Crippen molar-refractivity contribution in [3.63, 3.8) is 0 Å². The lowest BCUT2D eigenvalue weighted by Gasteiger charge is -2.02. The van der Waals surface area contributed by atoms with Crippen molar-refractivity contribution in [2.45, 2.75) is 0 Å². The van der Waals surface area contributed by atoms with Crippen molar-refractivity contribution in [3.8, 4) is 0 Å². The van der Waals surface area contributed by atoms with Gasteiger partial charge in [-0.25, -0.2) is 4.98 Å². The molecular weight excluding hydrogens is 290 g/mol. The number of nitrogen functional groups attached to an aromatic ring is 1. The van der Waals surface area contributed by atoms with Gasteiger partial charge in [0, 0.05) is 5.38 Å². The predicted octanol–water partition coefficient (Wildman–Crippen LogP) is 2.74. The number of carbonyl (C=O) groups excluding carboxylic acids is 1. The molecule has 0 aliphatic rings. The van der Waals surface area contributed by atoms with Crippen LogP contribution in [0, 0.1) is 0 Å². The van der Waals surface area contributed by atoms with E-state index >= 15 is 0 Å². The van der Waals surface area contributed by atoms with Gasteiger partial charge in [0.15, 0.2) is 0 Å². The SMILES string of the molecule is Nc1ccc(NC(=O)c2csc(Br)c2)cn1. The number of carbonyl (C=O) groups is 1. The molecule has 0 bridgehead atoms. The molecule has 2 aromatic rings. The molecule has 0 saturated heterocycles. The fourth-order valence-electron chi connectivity index (χ4n) is 1.11. The van der Waals surface area contributed by atoms with Gasteiger partial charge in [-0.05, 0) is 34.1 Å². The molecule has 0 unspecified atom stereocenters. The first kappa shape index (κ1) is 11.1. The van der Waals surface area contributed by atoms with Crippen molar-refractivity contribution < 1.29 is 4.79 Å². The molecule has 0 fully saturated rings. The maximum absolute atomic E-state index is 11.7. The highest BCUT2D eigenvalue weighted by atomic mass is 79.9. The molecule has 2 rings (SSSR count). The average Bonchev–Trinajstić information content (AvgIpc) is 2.68. The molecule has 4 nitrogen and oxygen atoms in total. The second-order valence-electron chi connectivity index (χ2n) is 3.07. The molecule has 0 atom stereocenters. The molecule has 0 saturated carbocycles. The van der Waals surface area contributed by atoms with Crippen molar-refractivity contribution >= 4 is 44.7 Å². The van der Waals surface area contributed by atoms with Crippen LogP contribution in [0.3, 0.4) is 0 Å². The van der Waals surface area contributed by atoms with Crippen molar-refractivity contribution in [2.24, 2.45) is 0 Å². The van der Waals surface area contributed by atoms with Crippen LogP contribution < -0.4 is 11.1 Å². The van der Waals surface area contributed by atoms with Crippen LogP contribution in [0.15, 0.2) is 33.6 Å². The van der Waals surface area contributed by atoms with Crippen LogP contribution in [-0.4, -0.2) is 10.9 Å². The number of nitrogens with one attached hydrogen (secondary N) is 1. The zero-order valence-corrected chi connectivity index (χ0v) is 10.5. The molecule has 0 spiro atoms.